The number of benzene rings is 3. The maximum atomic E-state index is 5.46. The number of anilines is 1. The molecule has 2 aliphatic rings. The van der Waals surface area contributed by atoms with Crippen LogP contribution in [0.2, 0.25) is 0 Å². The van der Waals surface area contributed by atoms with Crippen molar-refractivity contribution in [3.05, 3.63) is 94.2 Å². The Kier molecular flexibility index (Phi) is 17.3. The van der Waals surface area contributed by atoms with E-state index in [4.69, 9.17) is 14.7 Å². The van der Waals surface area contributed by atoms with E-state index < -0.39 is 0 Å². The Morgan fingerprint density at radius 3 is 1.27 bits per heavy atom. The summed E-state index contributed by atoms with van der Waals surface area (Å²) in [5.74, 6) is 1.68. The molecular formula is C38H56BLiN2O2. The second-order valence-electron chi connectivity index (χ2n) is 12.9. The zero-order chi connectivity index (χ0) is 31.2. The molecule has 2 saturated heterocycles. The molecule has 0 bridgehead atoms. The Bertz CT molecular complexity index is 1070. The number of rotatable bonds is 9. The summed E-state index contributed by atoms with van der Waals surface area (Å²) in [6, 6.07) is 24.0. The molecule has 5 rings (SSSR count). The van der Waals surface area contributed by atoms with E-state index in [-0.39, 0.29) is 25.8 Å². The normalized spacial score (nSPS) is 14.1. The minimum atomic E-state index is -0.166. The Labute approximate surface area is 281 Å². The van der Waals surface area contributed by atoms with Gasteiger partial charge in [-0.15, -0.1) is 5.69 Å². The van der Waals surface area contributed by atoms with Crippen molar-refractivity contribution < 1.29 is 28.3 Å². The van der Waals surface area contributed by atoms with Gasteiger partial charge in [-0.05, 0) is 60.5 Å². The van der Waals surface area contributed by atoms with Gasteiger partial charge in [-0.3, -0.25) is 0 Å². The average molecular weight is 591 g/mol. The number of ether oxygens (including phenoxy) is 2. The first-order valence-corrected chi connectivity index (χ1v) is 16.6. The van der Waals surface area contributed by atoms with Crippen LogP contribution in [0.1, 0.15) is 127 Å². The minimum absolute atomic E-state index is 0. The summed E-state index contributed by atoms with van der Waals surface area (Å²) in [6.45, 7) is 21.9. The standard InChI is InChI=1S/C30H40BN2.2C4H8O.Li/c1-20(2)25-16-12-17-26(21(3)4)29(25)32-31(24-14-10-9-11-15-24)33-30-27(22(5)6)18-13-19-28(30)23(7)8;2*1-2-4-5-3-1;/h9-23,32H,1-8H3;2*1-4H2;/q-1;;;+1. The molecule has 2 heterocycles. The Morgan fingerprint density at radius 2 is 0.932 bits per heavy atom. The number of nitrogens with one attached hydrogen (secondary N) is 1. The third-order valence-electron chi connectivity index (χ3n) is 8.02. The molecule has 6 heteroatoms. The summed E-state index contributed by atoms with van der Waals surface area (Å²) in [7, 11) is 0. The van der Waals surface area contributed by atoms with Crippen LogP contribution in [-0.4, -0.2) is 33.4 Å². The molecule has 0 aliphatic carbocycles. The molecule has 0 radical (unpaired) electrons. The van der Waals surface area contributed by atoms with Crippen molar-refractivity contribution in [2.24, 2.45) is 0 Å². The van der Waals surface area contributed by atoms with E-state index in [1.165, 1.54) is 59.1 Å². The first-order valence-electron chi connectivity index (χ1n) is 16.6. The quantitative estimate of drug-likeness (QED) is 0.266. The molecule has 0 amide bonds. The Morgan fingerprint density at radius 1 is 0.545 bits per heavy atom. The van der Waals surface area contributed by atoms with Crippen LogP contribution in [-0.2, 0) is 9.47 Å². The fourth-order valence-corrected chi connectivity index (χ4v) is 5.49. The summed E-state index contributed by atoms with van der Waals surface area (Å²) >= 11 is 0. The number of hydrogen-bond donors (Lipinski definition) is 1. The van der Waals surface area contributed by atoms with Gasteiger partial charge in [0.15, 0.2) is 6.98 Å². The smallest absolute Gasteiger partial charge is 0.684 e. The molecule has 234 valence electrons. The van der Waals surface area contributed by atoms with Gasteiger partial charge in [0.1, 0.15) is 0 Å². The molecule has 2 aliphatic heterocycles. The fraction of sp³-hybridized carbons (Fsp3) is 0.526. The third-order valence-corrected chi connectivity index (χ3v) is 8.02. The van der Waals surface area contributed by atoms with Gasteiger partial charge in [-0.2, -0.15) is 0 Å². The zero-order valence-corrected chi connectivity index (χ0v) is 29.2. The molecule has 4 nitrogen and oxygen atoms in total. The van der Waals surface area contributed by atoms with Crippen LogP contribution in [0, 0.1) is 0 Å². The summed E-state index contributed by atoms with van der Waals surface area (Å²) in [5, 5.41) is 9.37. The molecule has 3 aromatic carbocycles. The number of para-hydroxylation sites is 1. The number of hydrogen-bond acceptors (Lipinski definition) is 3. The molecule has 3 aromatic rings. The maximum absolute atomic E-state index is 5.46. The first-order chi connectivity index (χ1) is 20.7. The van der Waals surface area contributed by atoms with Gasteiger partial charge in [0.2, 0.25) is 0 Å². The van der Waals surface area contributed by atoms with Crippen molar-refractivity contribution in [2.75, 3.05) is 31.7 Å². The van der Waals surface area contributed by atoms with Crippen LogP contribution in [0.5, 0.6) is 0 Å². The number of nitrogens with zero attached hydrogens (tertiary/aromatic N) is 1. The molecule has 0 spiro atoms. The topological polar surface area (TPSA) is 44.6 Å². The van der Waals surface area contributed by atoms with Crippen LogP contribution in [0.25, 0.3) is 5.23 Å². The van der Waals surface area contributed by atoms with Crippen LogP contribution in [0.4, 0.5) is 11.4 Å². The van der Waals surface area contributed by atoms with Crippen LogP contribution in [0.15, 0.2) is 66.7 Å². The summed E-state index contributed by atoms with van der Waals surface area (Å²) < 4.78 is 9.89. The summed E-state index contributed by atoms with van der Waals surface area (Å²) in [6.07, 6.45) is 5.11. The zero-order valence-electron chi connectivity index (χ0n) is 29.2. The van der Waals surface area contributed by atoms with Crippen molar-refractivity contribution >= 4 is 23.8 Å². The van der Waals surface area contributed by atoms with E-state index in [2.05, 4.69) is 127 Å². The van der Waals surface area contributed by atoms with Gasteiger partial charge in [0, 0.05) is 32.1 Å². The third kappa shape index (κ3) is 11.6. The minimum Gasteiger partial charge on any atom is -0.684 e. The monoisotopic (exact) mass is 590 g/mol. The maximum Gasteiger partial charge on any atom is 1.00 e. The van der Waals surface area contributed by atoms with Crippen molar-refractivity contribution in [1.82, 2.24) is 0 Å². The van der Waals surface area contributed by atoms with Gasteiger partial charge in [-0.1, -0.05) is 139 Å². The first kappa shape index (κ1) is 38.0. The van der Waals surface area contributed by atoms with Crippen molar-refractivity contribution in [3.63, 3.8) is 0 Å². The predicted molar refractivity (Wildman–Crippen MR) is 188 cm³/mol. The van der Waals surface area contributed by atoms with Gasteiger partial charge >= 0.3 is 18.9 Å². The summed E-state index contributed by atoms with van der Waals surface area (Å²) in [5.41, 5.74) is 8.86. The van der Waals surface area contributed by atoms with Crippen molar-refractivity contribution in [1.29, 1.82) is 0 Å². The van der Waals surface area contributed by atoms with E-state index in [0.29, 0.717) is 23.7 Å². The molecular weight excluding hydrogens is 534 g/mol. The average Bonchev–Trinajstić information content (AvgIpc) is 3.77. The largest absolute Gasteiger partial charge is 1.00 e. The predicted octanol–water partition coefficient (Wildman–Crippen LogP) is 7.29. The van der Waals surface area contributed by atoms with E-state index >= 15 is 0 Å². The van der Waals surface area contributed by atoms with E-state index in [1.807, 2.05) is 0 Å². The Hall–Kier alpha value is -2.16. The molecule has 0 unspecified atom stereocenters. The van der Waals surface area contributed by atoms with E-state index in [9.17, 15) is 0 Å². The van der Waals surface area contributed by atoms with Gasteiger partial charge in [0.25, 0.3) is 0 Å². The second kappa shape index (κ2) is 20.1. The SMILES string of the molecule is C1CCOC1.C1CCOC1.CC(C)c1cccc(C(C)C)c1[N-]B(Nc1c(C(C)C)cccc1C(C)C)c1ccccc1.[Li+]. The van der Waals surface area contributed by atoms with Crippen molar-refractivity contribution in [3.8, 4) is 0 Å². The summed E-state index contributed by atoms with van der Waals surface area (Å²) in [4.78, 5) is 0. The fourth-order valence-electron chi connectivity index (χ4n) is 5.49. The molecule has 0 aromatic heterocycles. The van der Waals surface area contributed by atoms with E-state index in [0.717, 1.165) is 32.1 Å². The van der Waals surface area contributed by atoms with Crippen molar-refractivity contribution in [2.45, 2.75) is 105 Å². The van der Waals surface area contributed by atoms with Crippen LogP contribution < -0.4 is 29.6 Å². The molecule has 0 saturated carbocycles. The van der Waals surface area contributed by atoms with Gasteiger partial charge in [0.05, 0.1) is 0 Å². The molecule has 1 N–H and O–H groups in total. The Balaban J connectivity index is 0.000000516. The second-order valence-corrected chi connectivity index (χ2v) is 12.9. The van der Waals surface area contributed by atoms with Gasteiger partial charge in [-0.25, -0.2) is 0 Å². The molecule has 0 atom stereocenters. The van der Waals surface area contributed by atoms with Gasteiger partial charge < -0.3 is 19.9 Å². The molecule has 2 fully saturated rings. The van der Waals surface area contributed by atoms with Crippen LogP contribution in [0.3, 0.4) is 0 Å². The van der Waals surface area contributed by atoms with Crippen LogP contribution >= 0.6 is 0 Å². The van der Waals surface area contributed by atoms with E-state index in [1.54, 1.807) is 0 Å². The molecule has 44 heavy (non-hydrogen) atoms.